The second kappa shape index (κ2) is 4.37. The Labute approximate surface area is 99.1 Å². The molecule has 0 aromatic carbocycles. The van der Waals surface area contributed by atoms with Gasteiger partial charge in [0, 0.05) is 24.8 Å². The predicted octanol–water partition coefficient (Wildman–Crippen LogP) is 1.14. The van der Waals surface area contributed by atoms with Crippen LogP contribution in [0.1, 0.15) is 0 Å². The van der Waals surface area contributed by atoms with Gasteiger partial charge in [0.25, 0.3) is 0 Å². The van der Waals surface area contributed by atoms with E-state index in [2.05, 4.69) is 19.9 Å². The van der Waals surface area contributed by atoms with E-state index >= 15 is 0 Å². The second-order valence-electron chi connectivity index (χ2n) is 3.89. The van der Waals surface area contributed by atoms with Crippen LogP contribution in [-0.4, -0.2) is 34.1 Å². The lowest BCUT2D eigenvalue weighted by Crippen LogP contribution is -2.54. The van der Waals surface area contributed by atoms with Gasteiger partial charge in [-0.15, -0.1) is 0 Å². The van der Waals surface area contributed by atoms with Gasteiger partial charge in [-0.2, -0.15) is 0 Å². The Hall–Kier alpha value is -2.17. The van der Waals surface area contributed by atoms with Crippen molar-refractivity contribution in [2.45, 2.75) is 6.10 Å². The summed E-state index contributed by atoms with van der Waals surface area (Å²) >= 11 is 0. The lowest BCUT2D eigenvalue weighted by atomic mass is 10.1. The lowest BCUT2D eigenvalue weighted by molar-refractivity contribution is 0.166. The molecule has 3 rings (SSSR count). The number of hydrogen-bond acceptors (Lipinski definition) is 5. The molecule has 86 valence electrons. The summed E-state index contributed by atoms with van der Waals surface area (Å²) < 4.78 is 5.77. The van der Waals surface area contributed by atoms with E-state index in [1.54, 1.807) is 31.0 Å². The van der Waals surface area contributed by atoms with E-state index in [-0.39, 0.29) is 6.10 Å². The van der Waals surface area contributed by atoms with Crippen molar-refractivity contribution in [2.24, 2.45) is 0 Å². The van der Waals surface area contributed by atoms with E-state index in [1.807, 2.05) is 12.1 Å². The van der Waals surface area contributed by atoms with E-state index in [0.29, 0.717) is 0 Å². The van der Waals surface area contributed by atoms with Gasteiger partial charge >= 0.3 is 0 Å². The van der Waals surface area contributed by atoms with Crippen molar-refractivity contribution in [3.05, 3.63) is 43.1 Å². The third kappa shape index (κ3) is 2.18. The minimum Gasteiger partial charge on any atom is -0.487 e. The zero-order valence-corrected chi connectivity index (χ0v) is 9.23. The monoisotopic (exact) mass is 228 g/mol. The summed E-state index contributed by atoms with van der Waals surface area (Å²) in [5, 5.41) is 0. The number of ether oxygens (including phenoxy) is 1. The summed E-state index contributed by atoms with van der Waals surface area (Å²) in [5.41, 5.74) is 0. The number of nitrogens with zero attached hydrogens (tertiary/aromatic N) is 4. The van der Waals surface area contributed by atoms with E-state index in [4.69, 9.17) is 4.74 Å². The molecular weight excluding hydrogens is 216 g/mol. The normalized spacial score (nSPS) is 15.4. The van der Waals surface area contributed by atoms with Gasteiger partial charge in [-0.1, -0.05) is 0 Å². The maximum Gasteiger partial charge on any atom is 0.147 e. The fraction of sp³-hybridized carbons (Fsp3) is 0.250. The van der Waals surface area contributed by atoms with Gasteiger partial charge in [-0.25, -0.2) is 4.98 Å². The number of aromatic nitrogens is 3. The van der Waals surface area contributed by atoms with Crippen molar-refractivity contribution in [3.63, 3.8) is 0 Å². The molecule has 0 bridgehead atoms. The topological polar surface area (TPSA) is 51.1 Å². The molecule has 17 heavy (non-hydrogen) atoms. The van der Waals surface area contributed by atoms with Crippen LogP contribution < -0.4 is 9.64 Å². The third-order valence-corrected chi connectivity index (χ3v) is 2.67. The van der Waals surface area contributed by atoms with Crippen molar-refractivity contribution in [2.75, 3.05) is 18.0 Å². The van der Waals surface area contributed by atoms with E-state index in [0.717, 1.165) is 24.7 Å². The average Bonchev–Trinajstić information content (AvgIpc) is 2.36. The largest absolute Gasteiger partial charge is 0.487 e. The zero-order valence-electron chi connectivity index (χ0n) is 9.23. The molecule has 0 saturated carbocycles. The number of pyridine rings is 1. The van der Waals surface area contributed by atoms with Crippen LogP contribution in [0, 0.1) is 0 Å². The molecular formula is C12H12N4O. The molecule has 3 heterocycles. The van der Waals surface area contributed by atoms with Crippen LogP contribution in [-0.2, 0) is 0 Å². The molecule has 0 aliphatic carbocycles. The lowest BCUT2D eigenvalue weighted by Gasteiger charge is -2.39. The maximum atomic E-state index is 5.77. The molecule has 2 aromatic heterocycles. The quantitative estimate of drug-likeness (QED) is 0.788. The molecule has 1 fully saturated rings. The van der Waals surface area contributed by atoms with E-state index in [9.17, 15) is 0 Å². The van der Waals surface area contributed by atoms with Crippen molar-refractivity contribution in [3.8, 4) is 5.75 Å². The smallest absolute Gasteiger partial charge is 0.147 e. The fourth-order valence-corrected chi connectivity index (χ4v) is 1.76. The van der Waals surface area contributed by atoms with Gasteiger partial charge in [-0.05, 0) is 12.1 Å². The van der Waals surface area contributed by atoms with Gasteiger partial charge in [0.2, 0.25) is 0 Å². The van der Waals surface area contributed by atoms with Crippen LogP contribution in [0.15, 0.2) is 43.1 Å². The summed E-state index contributed by atoms with van der Waals surface area (Å²) in [4.78, 5) is 14.4. The highest BCUT2D eigenvalue weighted by Crippen LogP contribution is 2.21. The first-order valence-electron chi connectivity index (χ1n) is 5.49. The van der Waals surface area contributed by atoms with Crippen molar-refractivity contribution in [1.29, 1.82) is 0 Å². The first-order valence-corrected chi connectivity index (χ1v) is 5.49. The predicted molar refractivity (Wildman–Crippen MR) is 62.9 cm³/mol. The summed E-state index contributed by atoms with van der Waals surface area (Å²) in [5.74, 6) is 1.77. The maximum absolute atomic E-state index is 5.77. The van der Waals surface area contributed by atoms with Crippen LogP contribution in [0.3, 0.4) is 0 Å². The van der Waals surface area contributed by atoms with Crippen LogP contribution in [0.5, 0.6) is 5.75 Å². The van der Waals surface area contributed by atoms with E-state index in [1.165, 1.54) is 0 Å². The number of rotatable bonds is 3. The van der Waals surface area contributed by atoms with Crippen LogP contribution >= 0.6 is 0 Å². The van der Waals surface area contributed by atoms with Crippen LogP contribution in [0.4, 0.5) is 5.82 Å². The molecule has 0 atom stereocenters. The first kappa shape index (κ1) is 10.0. The minimum atomic E-state index is 0.222. The molecule has 1 aliphatic rings. The highest BCUT2D eigenvalue weighted by atomic mass is 16.5. The average molecular weight is 228 g/mol. The summed E-state index contributed by atoms with van der Waals surface area (Å²) in [6.07, 6.45) is 8.83. The van der Waals surface area contributed by atoms with Gasteiger partial charge in [0.15, 0.2) is 0 Å². The van der Waals surface area contributed by atoms with Gasteiger partial charge in [0.1, 0.15) is 17.7 Å². The molecule has 1 aliphatic heterocycles. The highest BCUT2D eigenvalue weighted by Gasteiger charge is 2.29. The van der Waals surface area contributed by atoms with Crippen LogP contribution in [0.25, 0.3) is 0 Å². The standard InChI is InChI=1S/C12H12N4O/c1-3-13-4-2-10(1)17-11-8-16(9-11)12-7-14-5-6-15-12/h1-7,11H,8-9H2. The summed E-state index contributed by atoms with van der Waals surface area (Å²) in [6.45, 7) is 1.70. The second-order valence-corrected chi connectivity index (χ2v) is 3.89. The van der Waals surface area contributed by atoms with Crippen molar-refractivity contribution < 1.29 is 4.74 Å². The molecule has 1 saturated heterocycles. The zero-order chi connectivity index (χ0) is 11.5. The SMILES string of the molecule is c1cc(OC2CN(c3cnccn3)C2)ccn1. The van der Waals surface area contributed by atoms with Crippen LogP contribution in [0.2, 0.25) is 0 Å². The molecule has 5 heteroatoms. The Morgan fingerprint density at radius 3 is 2.59 bits per heavy atom. The van der Waals surface area contributed by atoms with E-state index < -0.39 is 0 Å². The highest BCUT2D eigenvalue weighted by molar-refractivity contribution is 5.39. The first-order chi connectivity index (χ1) is 8.42. The van der Waals surface area contributed by atoms with Crippen molar-refractivity contribution >= 4 is 5.82 Å². The Balaban J connectivity index is 1.56. The van der Waals surface area contributed by atoms with Crippen molar-refractivity contribution in [1.82, 2.24) is 15.0 Å². The van der Waals surface area contributed by atoms with Gasteiger partial charge in [-0.3, -0.25) is 9.97 Å². The molecule has 0 unspecified atom stereocenters. The minimum absolute atomic E-state index is 0.222. The molecule has 5 nitrogen and oxygen atoms in total. The summed E-state index contributed by atoms with van der Waals surface area (Å²) in [6, 6.07) is 3.73. The Kier molecular flexibility index (Phi) is 2.57. The Morgan fingerprint density at radius 1 is 1.06 bits per heavy atom. The van der Waals surface area contributed by atoms with Gasteiger partial charge in [0.05, 0.1) is 19.3 Å². The number of anilines is 1. The Morgan fingerprint density at radius 2 is 1.88 bits per heavy atom. The molecule has 0 amide bonds. The number of hydrogen-bond donors (Lipinski definition) is 0. The summed E-state index contributed by atoms with van der Waals surface area (Å²) in [7, 11) is 0. The molecule has 0 radical (unpaired) electrons. The molecule has 0 N–H and O–H groups in total. The molecule has 2 aromatic rings. The van der Waals surface area contributed by atoms with Gasteiger partial charge < -0.3 is 9.64 Å². The Bertz CT molecular complexity index is 470. The fourth-order valence-electron chi connectivity index (χ4n) is 1.76. The third-order valence-electron chi connectivity index (χ3n) is 2.67. The molecule has 0 spiro atoms.